The highest BCUT2D eigenvalue weighted by Crippen LogP contribution is 2.32. The molecule has 0 amide bonds. The molecule has 0 atom stereocenters. The third-order valence-corrected chi connectivity index (χ3v) is 1.22. The summed E-state index contributed by atoms with van der Waals surface area (Å²) < 4.78 is 41.1. The van der Waals surface area contributed by atoms with Gasteiger partial charge in [-0.25, -0.2) is 9.97 Å². The molecule has 1 aromatic rings. The van der Waals surface area contributed by atoms with Crippen LogP contribution >= 0.6 is 0 Å². The standard InChI is InChI=1S/C7H5F3N2O2/c8-7(9,10)5-6(14-4-3-13)12-2-1-11-5/h1-3H,4H2. The van der Waals surface area contributed by atoms with Crippen LogP contribution in [0.2, 0.25) is 0 Å². The number of alkyl halides is 3. The molecule has 0 aliphatic rings. The Balaban J connectivity index is 2.97. The molecule has 0 bridgehead atoms. The summed E-state index contributed by atoms with van der Waals surface area (Å²) in [6.07, 6.45) is -2.35. The second-order valence-corrected chi connectivity index (χ2v) is 2.19. The van der Waals surface area contributed by atoms with E-state index in [0.29, 0.717) is 6.29 Å². The molecule has 1 aromatic heterocycles. The van der Waals surface area contributed by atoms with E-state index in [-0.39, 0.29) is 0 Å². The van der Waals surface area contributed by atoms with E-state index in [2.05, 4.69) is 14.7 Å². The lowest BCUT2D eigenvalue weighted by molar-refractivity contribution is -0.143. The number of aldehydes is 1. The molecule has 0 aromatic carbocycles. The highest BCUT2D eigenvalue weighted by Gasteiger charge is 2.37. The first kappa shape index (κ1) is 10.4. The maximum absolute atomic E-state index is 12.2. The van der Waals surface area contributed by atoms with E-state index in [1.807, 2.05) is 0 Å². The smallest absolute Gasteiger partial charge is 0.438 e. The van der Waals surface area contributed by atoms with Gasteiger partial charge in [0.15, 0.2) is 6.29 Å². The van der Waals surface area contributed by atoms with Crippen LogP contribution < -0.4 is 4.74 Å². The van der Waals surface area contributed by atoms with E-state index in [4.69, 9.17) is 0 Å². The average molecular weight is 206 g/mol. The van der Waals surface area contributed by atoms with Crippen molar-refractivity contribution in [3.63, 3.8) is 0 Å². The molecule has 1 heterocycles. The van der Waals surface area contributed by atoms with Gasteiger partial charge in [0, 0.05) is 12.4 Å². The Morgan fingerprint density at radius 3 is 2.57 bits per heavy atom. The topological polar surface area (TPSA) is 52.1 Å². The van der Waals surface area contributed by atoms with Crippen LogP contribution in [0.4, 0.5) is 13.2 Å². The minimum Gasteiger partial charge on any atom is -0.468 e. The van der Waals surface area contributed by atoms with Gasteiger partial charge in [-0.3, -0.25) is 4.79 Å². The van der Waals surface area contributed by atoms with E-state index in [9.17, 15) is 18.0 Å². The highest BCUT2D eigenvalue weighted by molar-refractivity contribution is 5.51. The molecule has 0 radical (unpaired) electrons. The first-order chi connectivity index (χ1) is 6.55. The SMILES string of the molecule is O=CCOc1nccnc1C(F)(F)F. The van der Waals surface area contributed by atoms with Gasteiger partial charge in [-0.1, -0.05) is 0 Å². The maximum atomic E-state index is 12.2. The van der Waals surface area contributed by atoms with Gasteiger partial charge >= 0.3 is 6.18 Å². The Hall–Kier alpha value is -1.66. The van der Waals surface area contributed by atoms with E-state index in [1.165, 1.54) is 0 Å². The van der Waals surface area contributed by atoms with Crippen LogP contribution in [-0.4, -0.2) is 22.9 Å². The van der Waals surface area contributed by atoms with Crippen LogP contribution in [0.25, 0.3) is 0 Å². The van der Waals surface area contributed by atoms with Gasteiger partial charge < -0.3 is 4.74 Å². The number of ether oxygens (including phenoxy) is 1. The van der Waals surface area contributed by atoms with Crippen molar-refractivity contribution in [1.82, 2.24) is 9.97 Å². The Bertz CT molecular complexity index is 327. The first-order valence-electron chi connectivity index (χ1n) is 3.50. The van der Waals surface area contributed by atoms with Gasteiger partial charge in [0.1, 0.15) is 6.61 Å². The largest absolute Gasteiger partial charge is 0.468 e. The molecular formula is C7H5F3N2O2. The van der Waals surface area contributed by atoms with Crippen LogP contribution in [-0.2, 0) is 11.0 Å². The number of carbonyl (C=O) groups is 1. The van der Waals surface area contributed by atoms with Crippen molar-refractivity contribution in [3.05, 3.63) is 18.1 Å². The monoisotopic (exact) mass is 206 g/mol. The highest BCUT2D eigenvalue weighted by atomic mass is 19.4. The molecule has 1 rings (SSSR count). The molecule has 0 unspecified atom stereocenters. The van der Waals surface area contributed by atoms with E-state index < -0.39 is 24.4 Å². The first-order valence-corrected chi connectivity index (χ1v) is 3.50. The zero-order valence-corrected chi connectivity index (χ0v) is 6.78. The summed E-state index contributed by atoms with van der Waals surface area (Å²) in [6, 6.07) is 0. The summed E-state index contributed by atoms with van der Waals surface area (Å²) in [6.45, 7) is -0.484. The fourth-order valence-electron chi connectivity index (χ4n) is 0.738. The molecule has 14 heavy (non-hydrogen) atoms. The van der Waals surface area contributed by atoms with Crippen molar-refractivity contribution < 1.29 is 22.7 Å². The van der Waals surface area contributed by atoms with Crippen molar-refractivity contribution in [2.75, 3.05) is 6.61 Å². The van der Waals surface area contributed by atoms with E-state index in [0.717, 1.165) is 12.4 Å². The molecule has 7 heteroatoms. The maximum Gasteiger partial charge on any atom is 0.438 e. The number of nitrogens with zero attached hydrogens (tertiary/aromatic N) is 2. The molecule has 0 saturated carbocycles. The van der Waals surface area contributed by atoms with Crippen LogP contribution in [0.1, 0.15) is 5.69 Å². The van der Waals surface area contributed by atoms with Crippen molar-refractivity contribution in [1.29, 1.82) is 0 Å². The van der Waals surface area contributed by atoms with E-state index >= 15 is 0 Å². The molecule has 4 nitrogen and oxygen atoms in total. The fourth-order valence-corrected chi connectivity index (χ4v) is 0.738. The van der Waals surface area contributed by atoms with Crippen molar-refractivity contribution >= 4 is 6.29 Å². The van der Waals surface area contributed by atoms with Gasteiger partial charge in [0.25, 0.3) is 0 Å². The predicted molar refractivity (Wildman–Crippen MR) is 38.6 cm³/mol. The van der Waals surface area contributed by atoms with Gasteiger partial charge in [-0.15, -0.1) is 0 Å². The number of aromatic nitrogens is 2. The van der Waals surface area contributed by atoms with Crippen LogP contribution in [0, 0.1) is 0 Å². The third-order valence-electron chi connectivity index (χ3n) is 1.22. The molecule has 0 aliphatic carbocycles. The lowest BCUT2D eigenvalue weighted by Crippen LogP contribution is -2.13. The normalized spacial score (nSPS) is 11.1. The molecule has 0 saturated heterocycles. The van der Waals surface area contributed by atoms with Crippen LogP contribution in [0.5, 0.6) is 5.88 Å². The predicted octanol–water partition coefficient (Wildman–Crippen LogP) is 1.07. The van der Waals surface area contributed by atoms with Gasteiger partial charge in [-0.05, 0) is 0 Å². The number of rotatable bonds is 3. The van der Waals surface area contributed by atoms with Crippen molar-refractivity contribution in [2.24, 2.45) is 0 Å². The minimum atomic E-state index is -4.63. The molecule has 76 valence electrons. The zero-order valence-electron chi connectivity index (χ0n) is 6.78. The number of hydrogen-bond donors (Lipinski definition) is 0. The van der Waals surface area contributed by atoms with Crippen LogP contribution in [0.3, 0.4) is 0 Å². The summed E-state index contributed by atoms with van der Waals surface area (Å²) in [5.41, 5.74) is -1.23. The molecular weight excluding hydrogens is 201 g/mol. The molecule has 0 aliphatic heterocycles. The Morgan fingerprint density at radius 1 is 1.36 bits per heavy atom. The van der Waals surface area contributed by atoms with E-state index in [1.54, 1.807) is 0 Å². The van der Waals surface area contributed by atoms with Crippen molar-refractivity contribution in [3.8, 4) is 5.88 Å². The van der Waals surface area contributed by atoms with Gasteiger partial charge in [-0.2, -0.15) is 13.2 Å². The second kappa shape index (κ2) is 4.03. The summed E-state index contributed by atoms with van der Waals surface area (Å²) in [5, 5.41) is 0. The zero-order chi connectivity index (χ0) is 10.6. The molecule has 0 spiro atoms. The second-order valence-electron chi connectivity index (χ2n) is 2.19. The fraction of sp³-hybridized carbons (Fsp3) is 0.286. The van der Waals surface area contributed by atoms with Gasteiger partial charge in [0.2, 0.25) is 11.6 Å². The summed E-state index contributed by atoms with van der Waals surface area (Å²) in [5.74, 6) is -0.688. The molecule has 0 fully saturated rings. The Kier molecular flexibility index (Phi) is 3.00. The third kappa shape index (κ3) is 2.41. The lowest BCUT2D eigenvalue weighted by Gasteiger charge is -2.09. The van der Waals surface area contributed by atoms with Crippen LogP contribution in [0.15, 0.2) is 12.4 Å². The Labute approximate surface area is 76.7 Å². The number of carbonyl (C=O) groups excluding carboxylic acids is 1. The minimum absolute atomic E-state index is 0.328. The quantitative estimate of drug-likeness (QED) is 0.694. The number of halogens is 3. The van der Waals surface area contributed by atoms with Gasteiger partial charge in [0.05, 0.1) is 0 Å². The average Bonchev–Trinajstić information content (AvgIpc) is 2.14. The molecule has 0 N–H and O–H groups in total. The summed E-state index contributed by atoms with van der Waals surface area (Å²) in [7, 11) is 0. The summed E-state index contributed by atoms with van der Waals surface area (Å²) >= 11 is 0. The lowest BCUT2D eigenvalue weighted by atomic mass is 10.4. The number of hydrogen-bond acceptors (Lipinski definition) is 4. The Morgan fingerprint density at radius 2 is 2.00 bits per heavy atom. The summed E-state index contributed by atoms with van der Waals surface area (Å²) in [4.78, 5) is 16.3. The van der Waals surface area contributed by atoms with Crippen molar-refractivity contribution in [2.45, 2.75) is 6.18 Å².